The van der Waals surface area contributed by atoms with E-state index in [1.165, 1.54) is 84.9 Å². The lowest BCUT2D eigenvalue weighted by atomic mass is 10.3. The summed E-state index contributed by atoms with van der Waals surface area (Å²) in [6.45, 7) is 0.0579. The SMILES string of the molecule is O=S(=O)(Oc1ccc(OCCO)cc1)c1ccc(OCCO)cc1.O=S(=O)(c1ccc(O)cc1)c1ccc(O)cc1. The van der Waals surface area contributed by atoms with Crippen molar-refractivity contribution in [2.45, 2.75) is 14.7 Å². The van der Waals surface area contributed by atoms with Crippen molar-refractivity contribution in [1.29, 1.82) is 0 Å². The average Bonchev–Trinajstić information content (AvgIpc) is 2.96. The van der Waals surface area contributed by atoms with Gasteiger partial charge in [-0.05, 0) is 97.1 Å². The summed E-state index contributed by atoms with van der Waals surface area (Å²) in [6.07, 6.45) is 0. The molecular formula is C28H28O11S2. The molecular weight excluding hydrogens is 576 g/mol. The first kappa shape index (κ1) is 31.2. The van der Waals surface area contributed by atoms with Crippen molar-refractivity contribution in [3.05, 3.63) is 97.1 Å². The zero-order valence-corrected chi connectivity index (χ0v) is 23.2. The maximum atomic E-state index is 12.2. The highest BCUT2D eigenvalue weighted by Crippen LogP contribution is 2.25. The summed E-state index contributed by atoms with van der Waals surface area (Å²) in [5.74, 6) is 1.11. The van der Waals surface area contributed by atoms with Crippen molar-refractivity contribution in [3.8, 4) is 28.7 Å². The zero-order valence-electron chi connectivity index (χ0n) is 21.5. The number of sulfone groups is 1. The van der Waals surface area contributed by atoms with Gasteiger partial charge in [0.1, 0.15) is 46.9 Å². The number of ether oxygens (including phenoxy) is 2. The molecule has 0 aliphatic carbocycles. The lowest BCUT2D eigenvalue weighted by Gasteiger charge is -2.09. The third kappa shape index (κ3) is 9.11. The van der Waals surface area contributed by atoms with Crippen LogP contribution in [0.2, 0.25) is 0 Å². The van der Waals surface area contributed by atoms with Crippen LogP contribution in [0.15, 0.2) is 112 Å². The van der Waals surface area contributed by atoms with E-state index < -0.39 is 20.0 Å². The van der Waals surface area contributed by atoms with Crippen molar-refractivity contribution in [1.82, 2.24) is 0 Å². The number of phenolic OH excluding ortho intramolecular Hbond substituents is 2. The van der Waals surface area contributed by atoms with E-state index in [0.717, 1.165) is 0 Å². The van der Waals surface area contributed by atoms with Crippen LogP contribution in [-0.2, 0) is 20.0 Å². The molecule has 13 heteroatoms. The number of aliphatic hydroxyl groups is 2. The highest BCUT2D eigenvalue weighted by molar-refractivity contribution is 7.91. The molecule has 0 spiro atoms. The first-order chi connectivity index (χ1) is 19.5. The molecule has 0 atom stereocenters. The Morgan fingerprint density at radius 3 is 1.22 bits per heavy atom. The summed E-state index contributed by atoms with van der Waals surface area (Å²) < 4.78 is 64.0. The van der Waals surface area contributed by atoms with Crippen LogP contribution in [0.4, 0.5) is 0 Å². The van der Waals surface area contributed by atoms with Gasteiger partial charge >= 0.3 is 10.1 Å². The monoisotopic (exact) mass is 604 g/mol. The fraction of sp³-hybridized carbons (Fsp3) is 0.143. The molecule has 4 aromatic rings. The van der Waals surface area contributed by atoms with Crippen molar-refractivity contribution in [2.24, 2.45) is 0 Å². The second kappa shape index (κ2) is 14.4. The van der Waals surface area contributed by atoms with Gasteiger partial charge in [-0.15, -0.1) is 0 Å². The molecule has 4 N–H and O–H groups in total. The molecule has 0 saturated heterocycles. The molecule has 0 aromatic heterocycles. The third-order valence-electron chi connectivity index (χ3n) is 5.16. The van der Waals surface area contributed by atoms with Crippen LogP contribution in [0.25, 0.3) is 0 Å². The van der Waals surface area contributed by atoms with Crippen molar-refractivity contribution >= 4 is 20.0 Å². The summed E-state index contributed by atoms with van der Waals surface area (Å²) in [7, 11) is -7.56. The molecule has 41 heavy (non-hydrogen) atoms. The largest absolute Gasteiger partial charge is 0.508 e. The standard InChI is InChI=1S/C16H18O7S.C12H10O4S/c17-9-11-21-13-1-3-15(4-2-13)23-24(19,20)16-7-5-14(6-8-16)22-12-10-18;13-9-1-5-11(6-2-9)17(15,16)12-7-3-10(14)4-8-12/h1-8,17-18H,9-12H2;1-8,13-14H. The van der Waals surface area contributed by atoms with Gasteiger partial charge in [0.2, 0.25) is 9.84 Å². The third-order valence-corrected chi connectivity index (χ3v) is 8.20. The molecule has 0 amide bonds. The molecule has 0 heterocycles. The van der Waals surface area contributed by atoms with Crippen molar-refractivity contribution < 1.29 is 50.9 Å². The quantitative estimate of drug-likeness (QED) is 0.185. The lowest BCUT2D eigenvalue weighted by molar-refractivity contribution is 0.201. The highest BCUT2D eigenvalue weighted by atomic mass is 32.2. The molecule has 4 aromatic carbocycles. The van der Waals surface area contributed by atoms with Gasteiger partial charge < -0.3 is 34.1 Å². The Bertz CT molecular complexity index is 1530. The predicted molar refractivity (Wildman–Crippen MR) is 148 cm³/mol. The number of hydrogen-bond donors (Lipinski definition) is 4. The number of rotatable bonds is 11. The fourth-order valence-corrected chi connectivity index (χ4v) is 5.37. The van der Waals surface area contributed by atoms with Crippen LogP contribution >= 0.6 is 0 Å². The van der Waals surface area contributed by atoms with E-state index in [9.17, 15) is 16.8 Å². The maximum Gasteiger partial charge on any atom is 0.339 e. The van der Waals surface area contributed by atoms with Gasteiger partial charge in [-0.25, -0.2) is 8.42 Å². The topological polar surface area (TPSA) is 177 Å². The van der Waals surface area contributed by atoms with E-state index in [0.29, 0.717) is 11.5 Å². The van der Waals surface area contributed by atoms with Gasteiger partial charge in [-0.3, -0.25) is 0 Å². The summed E-state index contributed by atoms with van der Waals surface area (Å²) in [6, 6.07) is 22.3. The summed E-state index contributed by atoms with van der Waals surface area (Å²) in [5, 5.41) is 35.6. The Morgan fingerprint density at radius 1 is 0.488 bits per heavy atom. The van der Waals surface area contributed by atoms with E-state index >= 15 is 0 Å². The summed E-state index contributed by atoms with van der Waals surface area (Å²) in [4.78, 5) is 0.182. The molecule has 0 aliphatic rings. The maximum absolute atomic E-state index is 12.2. The number of aromatic hydroxyl groups is 2. The van der Waals surface area contributed by atoms with Gasteiger partial charge in [0.15, 0.2) is 0 Å². The molecule has 0 radical (unpaired) electrons. The molecule has 218 valence electrons. The van der Waals surface area contributed by atoms with E-state index in [4.69, 9.17) is 34.1 Å². The van der Waals surface area contributed by atoms with Gasteiger partial charge in [0.05, 0.1) is 23.0 Å². The Balaban J connectivity index is 0.000000239. The van der Waals surface area contributed by atoms with Gasteiger partial charge in [-0.1, -0.05) is 0 Å². The Labute approximate surface area is 237 Å². The first-order valence-corrected chi connectivity index (χ1v) is 14.9. The second-order valence-electron chi connectivity index (χ2n) is 8.12. The van der Waals surface area contributed by atoms with Crippen LogP contribution in [0.1, 0.15) is 0 Å². The predicted octanol–water partition coefficient (Wildman–Crippen LogP) is 3.13. The molecule has 0 bridgehead atoms. The van der Waals surface area contributed by atoms with Crippen LogP contribution in [-0.4, -0.2) is 63.7 Å². The molecule has 0 unspecified atom stereocenters. The number of phenols is 2. The van der Waals surface area contributed by atoms with Gasteiger partial charge in [-0.2, -0.15) is 8.42 Å². The number of aliphatic hydroxyl groups excluding tert-OH is 2. The fourth-order valence-electron chi connectivity index (χ4n) is 3.18. The molecule has 11 nitrogen and oxygen atoms in total. The van der Waals surface area contributed by atoms with Crippen molar-refractivity contribution in [2.75, 3.05) is 26.4 Å². The number of hydrogen-bond acceptors (Lipinski definition) is 11. The van der Waals surface area contributed by atoms with E-state index in [1.54, 1.807) is 12.1 Å². The smallest absolute Gasteiger partial charge is 0.339 e. The Kier molecular flexibility index (Phi) is 10.9. The van der Waals surface area contributed by atoms with Gasteiger partial charge in [0, 0.05) is 0 Å². The molecule has 0 aliphatic heterocycles. The Morgan fingerprint density at radius 2 is 0.829 bits per heavy atom. The minimum absolute atomic E-state index is 0.00894. The second-order valence-corrected chi connectivity index (χ2v) is 11.6. The van der Waals surface area contributed by atoms with Crippen LogP contribution in [0.3, 0.4) is 0 Å². The van der Waals surface area contributed by atoms with Crippen molar-refractivity contribution in [3.63, 3.8) is 0 Å². The van der Waals surface area contributed by atoms with Crippen LogP contribution < -0.4 is 13.7 Å². The molecule has 0 saturated carbocycles. The lowest BCUT2D eigenvalue weighted by Crippen LogP contribution is -2.10. The summed E-state index contributed by atoms with van der Waals surface area (Å²) >= 11 is 0. The van der Waals surface area contributed by atoms with E-state index in [-0.39, 0.29) is 58.4 Å². The average molecular weight is 605 g/mol. The zero-order chi connectivity index (χ0) is 29.9. The first-order valence-electron chi connectivity index (χ1n) is 12.0. The van der Waals surface area contributed by atoms with Gasteiger partial charge in [0.25, 0.3) is 0 Å². The Hall–Kier alpha value is -4.30. The minimum atomic E-state index is -3.97. The van der Waals surface area contributed by atoms with E-state index in [2.05, 4.69) is 0 Å². The highest BCUT2D eigenvalue weighted by Gasteiger charge is 2.18. The molecule has 4 rings (SSSR count). The molecule has 0 fully saturated rings. The van der Waals surface area contributed by atoms with Crippen LogP contribution in [0, 0.1) is 0 Å². The minimum Gasteiger partial charge on any atom is -0.508 e. The summed E-state index contributed by atoms with van der Waals surface area (Å²) in [5.41, 5.74) is 0. The number of benzene rings is 4. The van der Waals surface area contributed by atoms with E-state index in [1.807, 2.05) is 0 Å². The van der Waals surface area contributed by atoms with Crippen LogP contribution in [0.5, 0.6) is 28.7 Å². The normalized spacial score (nSPS) is 11.2.